The number of nitrogens with two attached hydrogens (primary N) is 1. The lowest BCUT2D eigenvalue weighted by Crippen LogP contribution is -2.33. The maximum Gasteiger partial charge on any atom is 0.256 e. The molecule has 0 saturated heterocycles. The predicted molar refractivity (Wildman–Crippen MR) is 82.7 cm³/mol. The third kappa shape index (κ3) is 3.05. The van der Waals surface area contributed by atoms with E-state index in [2.05, 4.69) is 4.98 Å². The molecule has 0 spiro atoms. The smallest absolute Gasteiger partial charge is 0.256 e. The highest BCUT2D eigenvalue weighted by molar-refractivity contribution is 5.95. The molecular weight excluding hydrogens is 262 g/mol. The van der Waals surface area contributed by atoms with Crippen LogP contribution in [0.4, 0.5) is 5.69 Å². The van der Waals surface area contributed by atoms with Crippen LogP contribution in [0, 0.1) is 6.92 Å². The number of hydrogen-bond donors (Lipinski definition) is 1. The molecule has 4 nitrogen and oxygen atoms in total. The molecule has 0 bridgehead atoms. The van der Waals surface area contributed by atoms with E-state index in [-0.39, 0.29) is 5.91 Å². The van der Waals surface area contributed by atoms with Gasteiger partial charge in [-0.05, 0) is 49.6 Å². The number of carbonyl (C=O) groups excluding carboxylic acids is 1. The number of anilines is 1. The molecule has 1 aromatic carbocycles. The van der Waals surface area contributed by atoms with Gasteiger partial charge in [0.1, 0.15) is 0 Å². The van der Waals surface area contributed by atoms with Crippen LogP contribution in [0.25, 0.3) is 0 Å². The number of aryl methyl sites for hydroxylation is 1. The lowest BCUT2D eigenvalue weighted by atomic mass is 10.1. The van der Waals surface area contributed by atoms with Crippen molar-refractivity contribution in [2.24, 2.45) is 0 Å². The van der Waals surface area contributed by atoms with Crippen molar-refractivity contribution in [1.29, 1.82) is 0 Å². The fraction of sp³-hybridized carbons (Fsp3) is 0.294. The van der Waals surface area contributed by atoms with E-state index < -0.39 is 0 Å². The summed E-state index contributed by atoms with van der Waals surface area (Å²) in [6.07, 6.45) is 3.88. The first-order valence-corrected chi connectivity index (χ1v) is 7.22. The van der Waals surface area contributed by atoms with Crippen LogP contribution in [0.2, 0.25) is 0 Å². The molecular formula is C17H19N3O. The van der Waals surface area contributed by atoms with Crippen LogP contribution in [0.3, 0.4) is 0 Å². The quantitative estimate of drug-likeness (QED) is 0.877. The highest BCUT2D eigenvalue weighted by atomic mass is 16.2. The minimum absolute atomic E-state index is 0.0694. The van der Waals surface area contributed by atoms with Crippen LogP contribution in [0.5, 0.6) is 0 Å². The lowest BCUT2D eigenvalue weighted by molar-refractivity contribution is 0.0728. The summed E-state index contributed by atoms with van der Waals surface area (Å²) in [5.74, 6) is 0.0694. The Morgan fingerprint density at radius 3 is 2.62 bits per heavy atom. The third-order valence-corrected chi connectivity index (χ3v) is 3.82. The van der Waals surface area contributed by atoms with Crippen molar-refractivity contribution >= 4 is 11.6 Å². The Morgan fingerprint density at radius 1 is 1.29 bits per heavy atom. The molecule has 2 N–H and O–H groups in total. The first kappa shape index (κ1) is 13.6. The van der Waals surface area contributed by atoms with Gasteiger partial charge in [0.25, 0.3) is 5.91 Å². The van der Waals surface area contributed by atoms with Crippen molar-refractivity contribution in [3.05, 3.63) is 59.4 Å². The third-order valence-electron chi connectivity index (χ3n) is 3.82. The van der Waals surface area contributed by atoms with Gasteiger partial charge in [-0.25, -0.2) is 0 Å². The molecule has 0 atom stereocenters. The topological polar surface area (TPSA) is 59.2 Å². The zero-order chi connectivity index (χ0) is 14.8. The molecule has 4 heteroatoms. The van der Waals surface area contributed by atoms with Crippen molar-refractivity contribution in [2.75, 3.05) is 5.73 Å². The number of amides is 1. The van der Waals surface area contributed by atoms with Crippen molar-refractivity contribution in [3.63, 3.8) is 0 Å². The fourth-order valence-corrected chi connectivity index (χ4v) is 2.44. The highest BCUT2D eigenvalue weighted by Gasteiger charge is 2.33. The average molecular weight is 281 g/mol. The molecule has 1 aliphatic rings. The molecule has 0 unspecified atom stereocenters. The summed E-state index contributed by atoms with van der Waals surface area (Å²) in [6, 6.07) is 11.7. The minimum atomic E-state index is 0.0694. The molecule has 0 aliphatic heterocycles. The van der Waals surface area contributed by atoms with E-state index in [9.17, 15) is 4.79 Å². The van der Waals surface area contributed by atoms with E-state index >= 15 is 0 Å². The van der Waals surface area contributed by atoms with Crippen LogP contribution >= 0.6 is 0 Å². The zero-order valence-electron chi connectivity index (χ0n) is 12.1. The summed E-state index contributed by atoms with van der Waals surface area (Å²) < 4.78 is 0. The Labute approximate surface area is 124 Å². The second-order valence-electron chi connectivity index (χ2n) is 5.54. The second-order valence-corrected chi connectivity index (χ2v) is 5.54. The van der Waals surface area contributed by atoms with E-state index in [1.54, 1.807) is 6.20 Å². The number of benzene rings is 1. The first-order valence-electron chi connectivity index (χ1n) is 7.22. The maximum atomic E-state index is 12.8. The van der Waals surface area contributed by atoms with Crippen LogP contribution in [-0.2, 0) is 6.54 Å². The van der Waals surface area contributed by atoms with E-state index in [0.717, 1.165) is 29.8 Å². The molecule has 0 radical (unpaired) electrons. The van der Waals surface area contributed by atoms with E-state index in [1.807, 2.05) is 48.2 Å². The van der Waals surface area contributed by atoms with E-state index in [0.29, 0.717) is 18.2 Å². The summed E-state index contributed by atoms with van der Waals surface area (Å²) in [7, 11) is 0. The molecule has 108 valence electrons. The number of hydrogen-bond acceptors (Lipinski definition) is 3. The van der Waals surface area contributed by atoms with E-state index in [4.69, 9.17) is 5.73 Å². The normalized spacial score (nSPS) is 14.0. The Kier molecular flexibility index (Phi) is 3.60. The lowest BCUT2D eigenvalue weighted by Gasteiger charge is -2.23. The van der Waals surface area contributed by atoms with Gasteiger partial charge < -0.3 is 10.6 Å². The number of rotatable bonds is 4. The molecule has 1 aromatic heterocycles. The summed E-state index contributed by atoms with van der Waals surface area (Å²) in [6.45, 7) is 2.50. The Morgan fingerprint density at radius 2 is 2.00 bits per heavy atom. The summed E-state index contributed by atoms with van der Waals surface area (Å²) >= 11 is 0. The Balaban J connectivity index is 1.83. The van der Waals surface area contributed by atoms with Gasteiger partial charge in [-0.2, -0.15) is 0 Å². The minimum Gasteiger partial charge on any atom is -0.399 e. The number of nitrogen functional groups attached to an aromatic ring is 1. The van der Waals surface area contributed by atoms with Crippen molar-refractivity contribution in [2.45, 2.75) is 32.4 Å². The van der Waals surface area contributed by atoms with Gasteiger partial charge in [-0.1, -0.05) is 12.1 Å². The van der Waals surface area contributed by atoms with Gasteiger partial charge in [-0.15, -0.1) is 0 Å². The Hall–Kier alpha value is -2.36. The first-order chi connectivity index (χ1) is 10.1. The van der Waals surface area contributed by atoms with Crippen molar-refractivity contribution in [3.8, 4) is 0 Å². The fourth-order valence-electron chi connectivity index (χ4n) is 2.44. The number of aromatic nitrogens is 1. The molecule has 1 fully saturated rings. The second kappa shape index (κ2) is 5.56. The Bertz CT molecular complexity index is 647. The predicted octanol–water partition coefficient (Wildman–Crippen LogP) is 2.78. The van der Waals surface area contributed by atoms with Crippen molar-refractivity contribution in [1.82, 2.24) is 9.88 Å². The molecule has 21 heavy (non-hydrogen) atoms. The molecule has 1 aliphatic carbocycles. The molecule has 3 rings (SSSR count). The van der Waals surface area contributed by atoms with Gasteiger partial charge >= 0.3 is 0 Å². The molecule has 1 amide bonds. The molecule has 2 aromatic rings. The molecule has 1 saturated carbocycles. The van der Waals surface area contributed by atoms with Gasteiger partial charge in [0.05, 0.1) is 5.56 Å². The standard InChI is InChI=1S/C17H19N3O/c1-12-16(3-2-10-19-12)17(21)20(15-8-9-15)11-13-4-6-14(18)7-5-13/h2-7,10,15H,8-9,11,18H2,1H3. The summed E-state index contributed by atoms with van der Waals surface area (Å²) in [5, 5.41) is 0. The largest absolute Gasteiger partial charge is 0.399 e. The number of pyridine rings is 1. The SMILES string of the molecule is Cc1ncccc1C(=O)N(Cc1ccc(N)cc1)C1CC1. The monoisotopic (exact) mass is 281 g/mol. The zero-order valence-corrected chi connectivity index (χ0v) is 12.1. The maximum absolute atomic E-state index is 12.8. The van der Waals surface area contributed by atoms with Crippen LogP contribution in [0.1, 0.15) is 34.5 Å². The summed E-state index contributed by atoms with van der Waals surface area (Å²) in [5.41, 5.74) is 9.03. The number of carbonyl (C=O) groups is 1. The van der Waals surface area contributed by atoms with Gasteiger partial charge in [0.15, 0.2) is 0 Å². The van der Waals surface area contributed by atoms with Crippen LogP contribution in [0.15, 0.2) is 42.6 Å². The van der Waals surface area contributed by atoms with Gasteiger partial charge in [-0.3, -0.25) is 9.78 Å². The van der Waals surface area contributed by atoms with Gasteiger partial charge in [0.2, 0.25) is 0 Å². The molecule has 1 heterocycles. The number of nitrogens with zero attached hydrogens (tertiary/aromatic N) is 2. The average Bonchev–Trinajstić information content (AvgIpc) is 3.31. The van der Waals surface area contributed by atoms with Crippen molar-refractivity contribution < 1.29 is 4.79 Å². The summed E-state index contributed by atoms with van der Waals surface area (Å²) in [4.78, 5) is 19.0. The van der Waals surface area contributed by atoms with Gasteiger partial charge in [0, 0.05) is 30.2 Å². The highest BCUT2D eigenvalue weighted by Crippen LogP contribution is 2.30. The van der Waals surface area contributed by atoms with Crippen LogP contribution in [-0.4, -0.2) is 21.8 Å². The van der Waals surface area contributed by atoms with E-state index in [1.165, 1.54) is 0 Å². The van der Waals surface area contributed by atoms with Crippen LogP contribution < -0.4 is 5.73 Å².